The first-order chi connectivity index (χ1) is 25.3. The lowest BCUT2D eigenvalue weighted by Crippen LogP contribution is -1.95. The Morgan fingerprint density at radius 3 is 1.90 bits per heavy atom. The molecular weight excluding hydrogens is 643 g/mol. The topological polar surface area (TPSA) is 43.9 Å². The van der Waals surface area contributed by atoms with Crippen molar-refractivity contribution in [1.29, 1.82) is 0 Å². The summed E-state index contributed by atoms with van der Waals surface area (Å²) in [5, 5.41) is 7.18. The van der Waals surface area contributed by atoms with Gasteiger partial charge in [-0.1, -0.05) is 127 Å². The van der Waals surface area contributed by atoms with Gasteiger partial charge >= 0.3 is 0 Å². The van der Waals surface area contributed by atoms with Crippen molar-refractivity contribution in [1.82, 2.24) is 14.5 Å². The molecule has 0 spiro atoms. The van der Waals surface area contributed by atoms with Gasteiger partial charge in [-0.05, 0) is 36.4 Å². The standard InChI is InChI=1S/C46H27N3OS/c1-3-12-28(13-4-1)37-27-38(29-14-5-2-6-15-29)48-46(47-37)30-22-23-32-35-18-11-20-40(44(35)50-41(32)26-30)49-39-19-9-7-16-31(39)34-24-25-36-33-17-8-10-21-42(33)51-45(36)43(34)49/h1-27H. The van der Waals surface area contributed by atoms with Crippen molar-refractivity contribution in [3.05, 3.63) is 164 Å². The zero-order valence-corrected chi connectivity index (χ0v) is 28.1. The molecule has 0 saturated carbocycles. The van der Waals surface area contributed by atoms with Gasteiger partial charge < -0.3 is 8.98 Å². The summed E-state index contributed by atoms with van der Waals surface area (Å²) in [5.41, 5.74) is 9.81. The van der Waals surface area contributed by atoms with E-state index in [1.807, 2.05) is 47.7 Å². The van der Waals surface area contributed by atoms with Crippen molar-refractivity contribution >= 4 is 75.3 Å². The predicted molar refractivity (Wildman–Crippen MR) is 213 cm³/mol. The molecule has 11 rings (SSSR count). The van der Waals surface area contributed by atoms with Crippen LogP contribution in [0.2, 0.25) is 0 Å². The van der Waals surface area contributed by atoms with E-state index in [4.69, 9.17) is 14.4 Å². The summed E-state index contributed by atoms with van der Waals surface area (Å²) in [6.07, 6.45) is 0. The van der Waals surface area contributed by atoms with E-state index in [2.05, 4.69) is 132 Å². The number of thiophene rings is 1. The van der Waals surface area contributed by atoms with E-state index in [1.54, 1.807) is 0 Å². The summed E-state index contributed by atoms with van der Waals surface area (Å²) >= 11 is 1.86. The molecule has 0 aliphatic carbocycles. The first-order valence-electron chi connectivity index (χ1n) is 17.1. The Morgan fingerprint density at radius 2 is 1.12 bits per heavy atom. The lowest BCUT2D eigenvalue weighted by molar-refractivity contribution is 0.666. The van der Waals surface area contributed by atoms with Crippen LogP contribution in [0.5, 0.6) is 0 Å². The van der Waals surface area contributed by atoms with Gasteiger partial charge in [-0.15, -0.1) is 11.3 Å². The molecule has 0 saturated heterocycles. The fourth-order valence-corrected chi connectivity index (χ4v) is 8.91. The second-order valence-corrected chi connectivity index (χ2v) is 14.0. The average Bonchev–Trinajstić information content (AvgIpc) is 3.88. The van der Waals surface area contributed by atoms with E-state index < -0.39 is 0 Å². The third kappa shape index (κ3) is 4.32. The Hall–Kier alpha value is -6.56. The molecule has 238 valence electrons. The van der Waals surface area contributed by atoms with Crippen LogP contribution in [0.4, 0.5) is 0 Å². The van der Waals surface area contributed by atoms with Gasteiger partial charge in [0.25, 0.3) is 0 Å². The summed E-state index contributed by atoms with van der Waals surface area (Å²) in [4.78, 5) is 10.2. The maximum atomic E-state index is 6.90. The van der Waals surface area contributed by atoms with Crippen LogP contribution in [0.15, 0.2) is 168 Å². The molecule has 0 aliphatic rings. The largest absolute Gasteiger partial charge is 0.454 e. The first kappa shape index (κ1) is 28.3. The molecule has 4 heterocycles. The highest BCUT2D eigenvalue weighted by Gasteiger charge is 2.21. The zero-order chi connectivity index (χ0) is 33.5. The minimum absolute atomic E-state index is 0.660. The van der Waals surface area contributed by atoms with Crippen LogP contribution in [-0.2, 0) is 0 Å². The van der Waals surface area contributed by atoms with Gasteiger partial charge in [0, 0.05) is 53.7 Å². The van der Waals surface area contributed by atoms with Crippen LogP contribution >= 0.6 is 11.3 Å². The van der Waals surface area contributed by atoms with Gasteiger partial charge in [0.05, 0.1) is 32.8 Å². The minimum Gasteiger partial charge on any atom is -0.454 e. The summed E-state index contributed by atoms with van der Waals surface area (Å²) in [7, 11) is 0. The summed E-state index contributed by atoms with van der Waals surface area (Å²) in [6, 6.07) is 57.5. The van der Waals surface area contributed by atoms with E-state index in [9.17, 15) is 0 Å². The van der Waals surface area contributed by atoms with Crippen LogP contribution in [0, 0.1) is 0 Å². The third-order valence-corrected chi connectivity index (χ3v) is 11.2. The fraction of sp³-hybridized carbons (Fsp3) is 0. The maximum Gasteiger partial charge on any atom is 0.160 e. The van der Waals surface area contributed by atoms with E-state index in [0.717, 1.165) is 61.2 Å². The molecule has 51 heavy (non-hydrogen) atoms. The molecule has 0 N–H and O–H groups in total. The molecule has 0 unspecified atom stereocenters. The van der Waals surface area contributed by atoms with Gasteiger partial charge in [-0.3, -0.25) is 0 Å². The lowest BCUT2D eigenvalue weighted by atomic mass is 10.1. The number of hydrogen-bond acceptors (Lipinski definition) is 4. The summed E-state index contributed by atoms with van der Waals surface area (Å²) < 4.78 is 11.9. The highest BCUT2D eigenvalue weighted by Crippen LogP contribution is 2.44. The SMILES string of the molecule is c1ccc(-c2cc(-c3ccccc3)nc(-c3ccc4c(c3)oc3c(-n5c6ccccc6c6ccc7c8ccccc8sc7c65)cccc34)n2)cc1. The van der Waals surface area contributed by atoms with Crippen LogP contribution < -0.4 is 0 Å². The van der Waals surface area contributed by atoms with E-state index >= 15 is 0 Å². The Kier molecular flexibility index (Phi) is 6.09. The van der Waals surface area contributed by atoms with E-state index in [0.29, 0.717) is 5.82 Å². The Balaban J connectivity index is 1.14. The normalized spacial score (nSPS) is 11.9. The van der Waals surface area contributed by atoms with Crippen LogP contribution in [0.3, 0.4) is 0 Å². The molecular formula is C46H27N3OS. The van der Waals surface area contributed by atoms with E-state index in [-0.39, 0.29) is 0 Å². The number of aromatic nitrogens is 3. The highest BCUT2D eigenvalue weighted by molar-refractivity contribution is 7.26. The molecule has 0 fully saturated rings. The molecule has 11 aromatic rings. The van der Waals surface area contributed by atoms with Gasteiger partial charge in [-0.25, -0.2) is 9.97 Å². The number of furan rings is 1. The summed E-state index contributed by atoms with van der Waals surface area (Å²) in [6.45, 7) is 0. The quantitative estimate of drug-likeness (QED) is 0.187. The molecule has 7 aromatic carbocycles. The van der Waals surface area contributed by atoms with Crippen molar-refractivity contribution < 1.29 is 4.42 Å². The van der Waals surface area contributed by atoms with Crippen LogP contribution in [0.25, 0.3) is 104 Å². The lowest BCUT2D eigenvalue weighted by Gasteiger charge is -2.09. The number of hydrogen-bond donors (Lipinski definition) is 0. The van der Waals surface area contributed by atoms with Gasteiger partial charge in [-0.2, -0.15) is 0 Å². The first-order valence-corrected chi connectivity index (χ1v) is 17.9. The minimum atomic E-state index is 0.660. The van der Waals surface area contributed by atoms with E-state index in [1.165, 1.54) is 36.5 Å². The van der Waals surface area contributed by atoms with Gasteiger partial charge in [0.15, 0.2) is 11.4 Å². The monoisotopic (exact) mass is 669 g/mol. The second kappa shape index (κ2) is 11.0. The highest BCUT2D eigenvalue weighted by atomic mass is 32.1. The molecule has 0 atom stereocenters. The maximum absolute atomic E-state index is 6.90. The number of nitrogens with zero attached hydrogens (tertiary/aromatic N) is 3. The molecule has 0 amide bonds. The average molecular weight is 670 g/mol. The van der Waals surface area contributed by atoms with Crippen molar-refractivity contribution in [2.24, 2.45) is 0 Å². The molecule has 0 bridgehead atoms. The number of rotatable bonds is 4. The molecule has 0 aliphatic heterocycles. The number of fused-ring (bicyclic) bond motifs is 10. The predicted octanol–water partition coefficient (Wildman–Crippen LogP) is 12.8. The Morgan fingerprint density at radius 1 is 0.471 bits per heavy atom. The molecule has 4 nitrogen and oxygen atoms in total. The second-order valence-electron chi connectivity index (χ2n) is 13.0. The fourth-order valence-electron chi connectivity index (χ4n) is 7.67. The van der Waals surface area contributed by atoms with Crippen LogP contribution in [-0.4, -0.2) is 14.5 Å². The summed E-state index contributed by atoms with van der Waals surface area (Å²) in [5.74, 6) is 0.660. The molecule has 0 radical (unpaired) electrons. The van der Waals surface area contributed by atoms with Gasteiger partial charge in [0.1, 0.15) is 5.58 Å². The van der Waals surface area contributed by atoms with Crippen LogP contribution in [0.1, 0.15) is 0 Å². The smallest absolute Gasteiger partial charge is 0.160 e. The van der Waals surface area contributed by atoms with Crippen molar-refractivity contribution in [2.45, 2.75) is 0 Å². The van der Waals surface area contributed by atoms with Gasteiger partial charge in [0.2, 0.25) is 0 Å². The number of para-hydroxylation sites is 2. The third-order valence-electron chi connectivity index (χ3n) is 10.0. The van der Waals surface area contributed by atoms with Crippen molar-refractivity contribution in [3.63, 3.8) is 0 Å². The van der Waals surface area contributed by atoms with Crippen molar-refractivity contribution in [3.8, 4) is 39.6 Å². The molecule has 5 heteroatoms. The van der Waals surface area contributed by atoms with Crippen molar-refractivity contribution in [2.75, 3.05) is 0 Å². The zero-order valence-electron chi connectivity index (χ0n) is 27.2. The molecule has 4 aromatic heterocycles. The Labute approximate surface area is 296 Å². The number of benzene rings is 7. The Bertz CT molecular complexity index is 3080.